The van der Waals surface area contributed by atoms with Crippen LogP contribution in [0.4, 0.5) is 5.82 Å². The Bertz CT molecular complexity index is 1150. The molecule has 0 aliphatic heterocycles. The van der Waals surface area contributed by atoms with Crippen LogP contribution < -0.4 is 22.2 Å². The van der Waals surface area contributed by atoms with E-state index in [1.807, 2.05) is 48.5 Å². The molecule has 0 spiro atoms. The molecule has 0 aliphatic carbocycles. The van der Waals surface area contributed by atoms with Crippen LogP contribution in [0.5, 0.6) is 0 Å². The lowest BCUT2D eigenvalue weighted by atomic mass is 10.1. The second-order valence-corrected chi connectivity index (χ2v) is 7.91. The zero-order valence-corrected chi connectivity index (χ0v) is 19.6. The minimum atomic E-state index is -0.374. The van der Waals surface area contributed by atoms with Crippen molar-refractivity contribution in [2.75, 3.05) is 18.9 Å². The first-order valence-corrected chi connectivity index (χ1v) is 11.3. The van der Waals surface area contributed by atoms with Gasteiger partial charge in [0.25, 0.3) is 5.91 Å². The van der Waals surface area contributed by atoms with E-state index in [0.29, 0.717) is 18.8 Å². The van der Waals surface area contributed by atoms with Crippen LogP contribution in [0.2, 0.25) is 0 Å². The highest BCUT2D eigenvalue weighted by atomic mass is 16.2. The van der Waals surface area contributed by atoms with Crippen LogP contribution in [0.3, 0.4) is 0 Å². The molecule has 6 N–H and O–H groups in total. The SMILES string of the molecule is CNC(=O)/C(N)=C/N(N)CCCCc1ccc(NC(=O)Cc2cccc(-c3ccccn3)c2)nn1. The largest absolute Gasteiger partial charge is 0.393 e. The van der Waals surface area contributed by atoms with Crippen molar-refractivity contribution in [3.63, 3.8) is 0 Å². The van der Waals surface area contributed by atoms with Gasteiger partial charge in [0.05, 0.1) is 17.8 Å². The van der Waals surface area contributed by atoms with Crippen molar-refractivity contribution in [1.82, 2.24) is 25.5 Å². The Hall–Kier alpha value is -4.31. The molecule has 0 aliphatic rings. The standard InChI is InChI=1S/C25H30N8O2/c1-28-25(35)21(26)17-33(27)14-5-3-9-20-11-12-23(32-31-20)30-24(34)16-18-7-6-8-19(15-18)22-10-2-4-13-29-22/h2,4,6-8,10-13,15,17H,3,5,9,14,16,26-27H2,1H3,(H,28,35)(H,30,32,34)/b21-17-. The first-order chi connectivity index (χ1) is 16.9. The number of rotatable bonds is 11. The van der Waals surface area contributed by atoms with Crippen molar-refractivity contribution < 1.29 is 9.59 Å². The van der Waals surface area contributed by atoms with Gasteiger partial charge >= 0.3 is 0 Å². The molecule has 0 fully saturated rings. The first kappa shape index (κ1) is 25.3. The Kier molecular flexibility index (Phi) is 9.26. The maximum absolute atomic E-state index is 12.5. The Balaban J connectivity index is 1.43. The highest BCUT2D eigenvalue weighted by Gasteiger charge is 2.08. The third-order valence-corrected chi connectivity index (χ3v) is 5.13. The summed E-state index contributed by atoms with van der Waals surface area (Å²) in [7, 11) is 1.50. The van der Waals surface area contributed by atoms with Crippen molar-refractivity contribution >= 4 is 17.6 Å². The van der Waals surface area contributed by atoms with E-state index in [0.717, 1.165) is 35.4 Å². The van der Waals surface area contributed by atoms with E-state index < -0.39 is 0 Å². The number of pyridine rings is 1. The summed E-state index contributed by atoms with van der Waals surface area (Å²) in [5.74, 6) is 5.69. The average molecular weight is 475 g/mol. The molecule has 1 aromatic carbocycles. The quantitative estimate of drug-likeness (QED) is 0.142. The Morgan fingerprint density at radius 2 is 1.91 bits per heavy atom. The Labute approximate surface area is 204 Å². The lowest BCUT2D eigenvalue weighted by Crippen LogP contribution is -2.32. The van der Waals surface area contributed by atoms with Crippen molar-refractivity contribution in [3.8, 4) is 11.3 Å². The average Bonchev–Trinajstić information content (AvgIpc) is 2.87. The highest BCUT2D eigenvalue weighted by molar-refractivity contribution is 5.92. The highest BCUT2D eigenvalue weighted by Crippen LogP contribution is 2.18. The number of unbranched alkanes of at least 4 members (excludes halogenated alkanes) is 1. The number of nitrogens with two attached hydrogens (primary N) is 2. The summed E-state index contributed by atoms with van der Waals surface area (Å²) in [6, 6.07) is 17.1. The molecule has 182 valence electrons. The third-order valence-electron chi connectivity index (χ3n) is 5.13. The number of hydrazine groups is 1. The minimum Gasteiger partial charge on any atom is -0.393 e. The lowest BCUT2D eigenvalue weighted by Gasteiger charge is -2.14. The summed E-state index contributed by atoms with van der Waals surface area (Å²) in [6.07, 6.45) is 5.70. The van der Waals surface area contributed by atoms with E-state index in [-0.39, 0.29) is 23.9 Å². The molecule has 2 amide bonds. The van der Waals surface area contributed by atoms with Crippen molar-refractivity contribution in [3.05, 3.63) is 83.9 Å². The lowest BCUT2D eigenvalue weighted by molar-refractivity contribution is -0.117. The molecule has 0 bridgehead atoms. The maximum atomic E-state index is 12.5. The molecular weight excluding hydrogens is 444 g/mol. The number of aryl methyl sites for hydroxylation is 1. The normalized spacial score (nSPS) is 11.1. The summed E-state index contributed by atoms with van der Waals surface area (Å²) < 4.78 is 0. The summed E-state index contributed by atoms with van der Waals surface area (Å²) in [4.78, 5) is 28.2. The molecule has 10 heteroatoms. The van der Waals surface area contributed by atoms with Gasteiger partial charge in [-0.25, -0.2) is 5.84 Å². The molecule has 0 unspecified atom stereocenters. The molecule has 0 saturated carbocycles. The number of hydrogen-bond acceptors (Lipinski definition) is 8. The number of carbonyl (C=O) groups is 2. The van der Waals surface area contributed by atoms with E-state index in [4.69, 9.17) is 11.6 Å². The second kappa shape index (κ2) is 12.8. The fourth-order valence-electron chi connectivity index (χ4n) is 3.35. The van der Waals surface area contributed by atoms with Gasteiger partial charge in [-0.05, 0) is 55.2 Å². The number of anilines is 1. The van der Waals surface area contributed by atoms with Gasteiger partial charge in [-0.15, -0.1) is 5.10 Å². The van der Waals surface area contributed by atoms with Gasteiger partial charge in [0, 0.05) is 31.6 Å². The first-order valence-electron chi connectivity index (χ1n) is 11.3. The molecule has 2 heterocycles. The van der Waals surface area contributed by atoms with Gasteiger partial charge in [0.2, 0.25) is 5.91 Å². The van der Waals surface area contributed by atoms with Crippen molar-refractivity contribution in [2.45, 2.75) is 25.7 Å². The van der Waals surface area contributed by atoms with E-state index >= 15 is 0 Å². The molecule has 0 radical (unpaired) electrons. The van der Waals surface area contributed by atoms with Crippen LogP contribution >= 0.6 is 0 Å². The van der Waals surface area contributed by atoms with Crippen LogP contribution in [-0.2, 0) is 22.4 Å². The van der Waals surface area contributed by atoms with Gasteiger partial charge in [0.1, 0.15) is 5.70 Å². The predicted octanol–water partition coefficient (Wildman–Crippen LogP) is 1.76. The summed E-state index contributed by atoms with van der Waals surface area (Å²) in [5.41, 5.74) is 9.20. The number of amides is 2. The number of carbonyl (C=O) groups excluding carboxylic acids is 2. The second-order valence-electron chi connectivity index (χ2n) is 7.91. The maximum Gasteiger partial charge on any atom is 0.268 e. The van der Waals surface area contributed by atoms with Crippen LogP contribution in [0.15, 0.2) is 72.7 Å². The third kappa shape index (κ3) is 8.20. The monoisotopic (exact) mass is 474 g/mol. The summed E-state index contributed by atoms with van der Waals surface area (Å²) in [5, 5.41) is 14.9. The van der Waals surface area contributed by atoms with Gasteiger partial charge in [0.15, 0.2) is 5.82 Å². The molecule has 0 saturated heterocycles. The molecule has 3 aromatic rings. The molecule has 10 nitrogen and oxygen atoms in total. The topological polar surface area (TPSA) is 152 Å². The summed E-state index contributed by atoms with van der Waals surface area (Å²) >= 11 is 0. The zero-order chi connectivity index (χ0) is 25.0. The van der Waals surface area contributed by atoms with Gasteiger partial charge in [-0.1, -0.05) is 24.3 Å². The van der Waals surface area contributed by atoms with E-state index in [1.165, 1.54) is 18.3 Å². The number of likely N-dealkylation sites (N-methyl/N-ethyl adjacent to an activating group) is 1. The van der Waals surface area contributed by atoms with Gasteiger partial charge in [-0.3, -0.25) is 14.6 Å². The Morgan fingerprint density at radius 3 is 2.63 bits per heavy atom. The number of nitrogens with one attached hydrogen (secondary N) is 2. The van der Waals surface area contributed by atoms with Crippen molar-refractivity contribution in [2.24, 2.45) is 11.6 Å². The van der Waals surface area contributed by atoms with Crippen LogP contribution in [0.25, 0.3) is 11.3 Å². The minimum absolute atomic E-state index is 0.0550. The number of hydrogen-bond donors (Lipinski definition) is 4. The van der Waals surface area contributed by atoms with Crippen LogP contribution in [-0.4, -0.2) is 45.6 Å². The number of nitrogens with zero attached hydrogens (tertiary/aromatic N) is 4. The fourth-order valence-corrected chi connectivity index (χ4v) is 3.35. The summed E-state index contributed by atoms with van der Waals surface area (Å²) in [6.45, 7) is 0.542. The van der Waals surface area contributed by atoms with Gasteiger partial charge < -0.3 is 21.4 Å². The molecule has 35 heavy (non-hydrogen) atoms. The number of benzene rings is 1. The molecular formula is C25H30N8O2. The smallest absolute Gasteiger partial charge is 0.268 e. The molecule has 0 atom stereocenters. The van der Waals surface area contributed by atoms with E-state index in [2.05, 4.69) is 25.8 Å². The zero-order valence-electron chi connectivity index (χ0n) is 19.6. The van der Waals surface area contributed by atoms with E-state index in [9.17, 15) is 9.59 Å². The van der Waals surface area contributed by atoms with E-state index in [1.54, 1.807) is 12.3 Å². The Morgan fingerprint density at radius 1 is 1.06 bits per heavy atom. The van der Waals surface area contributed by atoms with Crippen LogP contribution in [0, 0.1) is 0 Å². The molecule has 2 aromatic heterocycles. The van der Waals surface area contributed by atoms with Crippen LogP contribution in [0.1, 0.15) is 24.1 Å². The predicted molar refractivity (Wildman–Crippen MR) is 134 cm³/mol. The van der Waals surface area contributed by atoms with Crippen molar-refractivity contribution in [1.29, 1.82) is 0 Å². The fraction of sp³-hybridized carbons (Fsp3) is 0.240. The van der Waals surface area contributed by atoms with Gasteiger partial charge in [-0.2, -0.15) is 5.10 Å². The molecule has 3 rings (SSSR count). The number of aromatic nitrogens is 3.